The van der Waals surface area contributed by atoms with Crippen molar-refractivity contribution in [3.8, 4) is 11.1 Å². The molecule has 22 heavy (non-hydrogen) atoms. The Kier molecular flexibility index (Phi) is 2.87. The first-order chi connectivity index (χ1) is 10.6. The zero-order valence-corrected chi connectivity index (χ0v) is 13.1. The van der Waals surface area contributed by atoms with Crippen molar-refractivity contribution in [1.82, 2.24) is 14.7 Å². The van der Waals surface area contributed by atoms with E-state index < -0.39 is 0 Å². The van der Waals surface area contributed by atoms with Crippen molar-refractivity contribution in [2.24, 2.45) is 0 Å². The van der Waals surface area contributed by atoms with E-state index >= 15 is 0 Å². The predicted molar refractivity (Wildman–Crippen MR) is 83.8 cm³/mol. The Morgan fingerprint density at radius 1 is 1.32 bits per heavy atom. The minimum absolute atomic E-state index is 0.000699. The van der Waals surface area contributed by atoms with Crippen LogP contribution in [-0.2, 0) is 10.3 Å². The first kappa shape index (κ1) is 13.5. The summed E-state index contributed by atoms with van der Waals surface area (Å²) in [6, 6.07) is 4.28. The Bertz CT molecular complexity index is 821. The highest BCUT2D eigenvalue weighted by molar-refractivity contribution is 5.83. The fourth-order valence-electron chi connectivity index (χ4n) is 3.34. The Labute approximate surface area is 128 Å². The smallest absolute Gasteiger partial charge is 0.141 e. The summed E-state index contributed by atoms with van der Waals surface area (Å²) >= 11 is 0. The number of fused-ring (bicyclic) bond motifs is 1. The van der Waals surface area contributed by atoms with Crippen molar-refractivity contribution in [2.45, 2.75) is 32.7 Å². The minimum Gasteiger partial charge on any atom is -0.379 e. The van der Waals surface area contributed by atoms with Crippen molar-refractivity contribution >= 4 is 11.0 Å². The Hall–Kier alpha value is -2.14. The molecule has 4 rings (SSSR count). The van der Waals surface area contributed by atoms with Crippen LogP contribution in [0.2, 0.25) is 0 Å². The maximum Gasteiger partial charge on any atom is 0.141 e. The lowest BCUT2D eigenvalue weighted by Gasteiger charge is -2.24. The number of ether oxygens (including phenoxy) is 1. The van der Waals surface area contributed by atoms with Gasteiger partial charge in [-0.1, -0.05) is 5.16 Å². The number of aromatic nitrogens is 3. The van der Waals surface area contributed by atoms with Crippen LogP contribution in [0, 0.1) is 13.8 Å². The lowest BCUT2D eigenvalue weighted by Crippen LogP contribution is -2.29. The summed E-state index contributed by atoms with van der Waals surface area (Å²) < 4.78 is 13.1. The largest absolute Gasteiger partial charge is 0.379 e. The highest BCUT2D eigenvalue weighted by atomic mass is 16.5. The van der Waals surface area contributed by atoms with Crippen molar-refractivity contribution in [2.75, 3.05) is 13.2 Å². The lowest BCUT2D eigenvalue weighted by molar-refractivity contribution is 0.163. The average molecular weight is 297 g/mol. The van der Waals surface area contributed by atoms with Crippen LogP contribution >= 0.6 is 0 Å². The van der Waals surface area contributed by atoms with E-state index in [9.17, 15) is 0 Å². The molecule has 1 atom stereocenters. The first-order valence-corrected chi connectivity index (χ1v) is 7.57. The molecule has 1 aliphatic heterocycles. The number of rotatable bonds is 2. The lowest BCUT2D eigenvalue weighted by atomic mass is 10.0. The Balaban J connectivity index is 1.84. The van der Waals surface area contributed by atoms with Crippen LogP contribution in [0.5, 0.6) is 0 Å². The van der Waals surface area contributed by atoms with Crippen LogP contribution in [-0.4, -0.2) is 27.9 Å². The van der Waals surface area contributed by atoms with Crippen molar-refractivity contribution < 1.29 is 9.26 Å². The van der Waals surface area contributed by atoms with Gasteiger partial charge >= 0.3 is 0 Å². The van der Waals surface area contributed by atoms with Crippen molar-refractivity contribution in [1.29, 1.82) is 0 Å². The summed E-state index contributed by atoms with van der Waals surface area (Å²) in [5.74, 6) is 0.828. The van der Waals surface area contributed by atoms with Gasteiger partial charge in [0, 0.05) is 35.5 Å². The van der Waals surface area contributed by atoms with Crippen LogP contribution in [0.1, 0.15) is 24.8 Å². The second-order valence-electron chi connectivity index (χ2n) is 6.32. The molecule has 0 N–H and O–H groups in total. The van der Waals surface area contributed by atoms with Gasteiger partial charge < -0.3 is 13.8 Å². The van der Waals surface area contributed by atoms with Gasteiger partial charge in [0.25, 0.3) is 0 Å². The number of hydrogen-bond acceptors (Lipinski definition) is 4. The van der Waals surface area contributed by atoms with Crippen molar-refractivity contribution in [3.05, 3.63) is 36.0 Å². The third-order valence-electron chi connectivity index (χ3n) is 4.63. The molecule has 114 valence electrons. The molecule has 0 bridgehead atoms. The van der Waals surface area contributed by atoms with Gasteiger partial charge in [0.15, 0.2) is 0 Å². The zero-order valence-electron chi connectivity index (χ0n) is 13.1. The van der Waals surface area contributed by atoms with Crippen LogP contribution < -0.4 is 0 Å². The fourth-order valence-corrected chi connectivity index (χ4v) is 3.34. The molecular formula is C17H19N3O2. The molecule has 5 heteroatoms. The number of aryl methyl sites for hydroxylation is 2. The summed E-state index contributed by atoms with van der Waals surface area (Å²) in [6.07, 6.45) is 5.04. The summed E-state index contributed by atoms with van der Waals surface area (Å²) in [6.45, 7) is 7.67. The van der Waals surface area contributed by atoms with E-state index in [0.717, 1.165) is 53.2 Å². The van der Waals surface area contributed by atoms with Crippen LogP contribution in [0.4, 0.5) is 0 Å². The highest BCUT2D eigenvalue weighted by Gasteiger charge is 2.32. The van der Waals surface area contributed by atoms with Crippen molar-refractivity contribution in [3.63, 3.8) is 0 Å². The van der Waals surface area contributed by atoms with E-state index in [1.54, 1.807) is 0 Å². The zero-order chi connectivity index (χ0) is 15.3. The molecule has 3 aromatic heterocycles. The Morgan fingerprint density at radius 3 is 2.86 bits per heavy atom. The van der Waals surface area contributed by atoms with Crippen LogP contribution in [0.15, 0.2) is 29.0 Å². The molecule has 0 aliphatic carbocycles. The molecule has 0 aromatic carbocycles. The van der Waals surface area contributed by atoms with Crippen LogP contribution in [0.25, 0.3) is 22.2 Å². The van der Waals surface area contributed by atoms with Gasteiger partial charge in [-0.25, -0.2) is 4.98 Å². The normalized spacial score (nSPS) is 21.8. The number of nitrogens with zero attached hydrogens (tertiary/aromatic N) is 3. The topological polar surface area (TPSA) is 53.1 Å². The van der Waals surface area contributed by atoms with Gasteiger partial charge in [-0.15, -0.1) is 0 Å². The van der Waals surface area contributed by atoms with Crippen LogP contribution in [0.3, 0.4) is 0 Å². The summed E-state index contributed by atoms with van der Waals surface area (Å²) in [4.78, 5) is 4.71. The molecule has 4 heterocycles. The third kappa shape index (κ3) is 1.89. The minimum atomic E-state index is -0.000699. The molecule has 1 fully saturated rings. The molecule has 0 radical (unpaired) electrons. The Morgan fingerprint density at radius 2 is 2.18 bits per heavy atom. The molecule has 0 saturated carbocycles. The molecule has 3 aromatic rings. The number of hydrogen-bond donors (Lipinski definition) is 0. The standard InChI is InChI=1S/C17H19N3O2/c1-11-15(12(2)22-19-11)14-8-13-4-6-20(16(13)18-9-14)17(3)5-7-21-10-17/h4,6,8-9H,5,7,10H2,1-3H3. The number of pyridine rings is 1. The monoisotopic (exact) mass is 297 g/mol. The summed E-state index contributed by atoms with van der Waals surface area (Å²) in [7, 11) is 0. The van der Waals surface area contributed by atoms with Gasteiger partial charge in [0.05, 0.1) is 17.8 Å². The van der Waals surface area contributed by atoms with Gasteiger partial charge in [-0.3, -0.25) is 0 Å². The molecule has 0 spiro atoms. The van der Waals surface area contributed by atoms with E-state index in [4.69, 9.17) is 14.2 Å². The highest BCUT2D eigenvalue weighted by Crippen LogP contribution is 2.33. The average Bonchev–Trinajstić information content (AvgIpc) is 3.18. The van der Waals surface area contributed by atoms with Gasteiger partial charge in [0.2, 0.25) is 0 Å². The van der Waals surface area contributed by atoms with Gasteiger partial charge in [0.1, 0.15) is 11.4 Å². The fraction of sp³-hybridized carbons (Fsp3) is 0.412. The van der Waals surface area contributed by atoms with E-state index in [2.05, 4.69) is 35.0 Å². The van der Waals surface area contributed by atoms with Gasteiger partial charge in [-0.05, 0) is 39.3 Å². The summed E-state index contributed by atoms with van der Waals surface area (Å²) in [5.41, 5.74) is 3.99. The SMILES string of the molecule is Cc1noc(C)c1-c1cnc2c(ccn2C2(C)CCOC2)c1. The molecule has 1 saturated heterocycles. The van der Waals surface area contributed by atoms with E-state index in [1.807, 2.05) is 20.0 Å². The van der Waals surface area contributed by atoms with E-state index in [1.165, 1.54) is 0 Å². The quantitative estimate of drug-likeness (QED) is 0.727. The molecule has 1 aliphatic rings. The molecule has 5 nitrogen and oxygen atoms in total. The van der Waals surface area contributed by atoms with E-state index in [0.29, 0.717) is 0 Å². The third-order valence-corrected chi connectivity index (χ3v) is 4.63. The molecule has 1 unspecified atom stereocenters. The van der Waals surface area contributed by atoms with E-state index in [-0.39, 0.29) is 5.54 Å². The van der Waals surface area contributed by atoms with Gasteiger partial charge in [-0.2, -0.15) is 0 Å². The maximum atomic E-state index is 5.58. The second kappa shape index (κ2) is 4.68. The molecular weight excluding hydrogens is 278 g/mol. The molecule has 0 amide bonds. The summed E-state index contributed by atoms with van der Waals surface area (Å²) in [5, 5.41) is 5.16. The predicted octanol–water partition coefficient (Wildman–Crippen LogP) is 3.44. The first-order valence-electron chi connectivity index (χ1n) is 7.57. The maximum absolute atomic E-state index is 5.58. The second-order valence-corrected chi connectivity index (χ2v) is 6.32.